The van der Waals surface area contributed by atoms with Crippen molar-refractivity contribution in [3.05, 3.63) is 53.6 Å². The summed E-state index contributed by atoms with van der Waals surface area (Å²) in [5, 5.41) is 3.31. The summed E-state index contributed by atoms with van der Waals surface area (Å²) in [6.07, 6.45) is 0. The molecule has 0 spiro atoms. The second-order valence-corrected chi connectivity index (χ2v) is 8.72. The summed E-state index contributed by atoms with van der Waals surface area (Å²) < 4.78 is 18.0. The molecule has 1 fully saturated rings. The third-order valence-electron chi connectivity index (χ3n) is 6.56. The Kier molecular flexibility index (Phi) is 4.44. The number of para-hydroxylation sites is 1. The van der Waals surface area contributed by atoms with Crippen molar-refractivity contribution in [2.24, 2.45) is 5.73 Å². The number of fused-ring (bicyclic) bond motifs is 1. The maximum Gasteiger partial charge on any atom is 0.494 e. The van der Waals surface area contributed by atoms with Crippen molar-refractivity contribution in [3.8, 4) is 5.75 Å². The first-order valence-electron chi connectivity index (χ1n) is 9.80. The van der Waals surface area contributed by atoms with Crippen LogP contribution >= 0.6 is 0 Å². The molecule has 0 bridgehead atoms. The lowest BCUT2D eigenvalue weighted by atomic mass is 9.72. The van der Waals surface area contributed by atoms with Crippen LogP contribution in [0.2, 0.25) is 0 Å². The average Bonchev–Trinajstić information content (AvgIpc) is 3.16. The molecule has 3 N–H and O–H groups in total. The predicted molar refractivity (Wildman–Crippen MR) is 114 cm³/mol. The summed E-state index contributed by atoms with van der Waals surface area (Å²) in [5.74, 6) is 0.158. The second kappa shape index (κ2) is 6.50. The number of carbonyl (C=O) groups excluding carboxylic acids is 1. The van der Waals surface area contributed by atoms with Gasteiger partial charge in [-0.2, -0.15) is 0 Å². The second-order valence-electron chi connectivity index (χ2n) is 8.72. The highest BCUT2D eigenvalue weighted by Crippen LogP contribution is 2.45. The van der Waals surface area contributed by atoms with E-state index in [1.165, 1.54) is 0 Å². The van der Waals surface area contributed by atoms with Gasteiger partial charge in [-0.25, -0.2) is 0 Å². The molecule has 0 aromatic heterocycles. The number of hydrogen-bond acceptors (Lipinski definition) is 5. The van der Waals surface area contributed by atoms with E-state index in [0.717, 1.165) is 22.3 Å². The van der Waals surface area contributed by atoms with Crippen molar-refractivity contribution in [1.82, 2.24) is 0 Å². The van der Waals surface area contributed by atoms with Gasteiger partial charge in [0.05, 0.1) is 18.3 Å². The minimum absolute atomic E-state index is 0.383. The molecule has 2 heterocycles. The number of nitrogens with two attached hydrogens (primary N) is 1. The third kappa shape index (κ3) is 2.83. The third-order valence-corrected chi connectivity index (χ3v) is 6.56. The Labute approximate surface area is 171 Å². The Morgan fingerprint density at radius 1 is 1.07 bits per heavy atom. The van der Waals surface area contributed by atoms with Gasteiger partial charge in [0.2, 0.25) is 5.91 Å². The number of benzene rings is 2. The Morgan fingerprint density at radius 3 is 2.34 bits per heavy atom. The molecule has 2 aromatic rings. The molecule has 7 heteroatoms. The topological polar surface area (TPSA) is 82.8 Å². The first-order valence-corrected chi connectivity index (χ1v) is 9.80. The highest BCUT2D eigenvalue weighted by Gasteiger charge is 2.52. The monoisotopic (exact) mass is 394 g/mol. The molecular weight excluding hydrogens is 367 g/mol. The summed E-state index contributed by atoms with van der Waals surface area (Å²) in [7, 11) is 1.08. The van der Waals surface area contributed by atoms with E-state index < -0.39 is 29.6 Å². The number of nitrogens with one attached hydrogen (secondary N) is 1. The van der Waals surface area contributed by atoms with Gasteiger partial charge in [0.25, 0.3) is 0 Å². The molecule has 29 heavy (non-hydrogen) atoms. The molecule has 2 aliphatic rings. The van der Waals surface area contributed by atoms with Crippen molar-refractivity contribution in [1.29, 1.82) is 0 Å². The number of carbonyl (C=O) groups is 1. The molecule has 1 atom stereocenters. The predicted octanol–water partition coefficient (Wildman–Crippen LogP) is 2.19. The molecule has 0 aliphatic carbocycles. The molecule has 0 radical (unpaired) electrons. The van der Waals surface area contributed by atoms with Gasteiger partial charge in [-0.15, -0.1) is 0 Å². The molecule has 4 rings (SSSR count). The first kappa shape index (κ1) is 19.8. The van der Waals surface area contributed by atoms with E-state index in [9.17, 15) is 4.79 Å². The lowest BCUT2D eigenvalue weighted by Gasteiger charge is -2.32. The van der Waals surface area contributed by atoms with Gasteiger partial charge in [0, 0.05) is 17.8 Å². The smallest absolute Gasteiger partial charge is 0.494 e. The molecular formula is C22H27BN2O4. The van der Waals surface area contributed by atoms with Gasteiger partial charge in [0.15, 0.2) is 0 Å². The average molecular weight is 394 g/mol. The summed E-state index contributed by atoms with van der Waals surface area (Å²) in [6.45, 7) is 8.45. The van der Waals surface area contributed by atoms with Gasteiger partial charge in [0.1, 0.15) is 11.2 Å². The maximum absolute atomic E-state index is 12.7. The van der Waals surface area contributed by atoms with Gasteiger partial charge in [-0.3, -0.25) is 4.79 Å². The zero-order chi connectivity index (χ0) is 21.0. The van der Waals surface area contributed by atoms with Gasteiger partial charge in [-0.1, -0.05) is 30.3 Å². The number of ether oxygens (including phenoxy) is 1. The van der Waals surface area contributed by atoms with E-state index in [1.54, 1.807) is 7.11 Å². The van der Waals surface area contributed by atoms with Crippen LogP contribution < -0.4 is 21.3 Å². The maximum atomic E-state index is 12.7. The number of methoxy groups -OCH3 is 1. The summed E-state index contributed by atoms with van der Waals surface area (Å²) >= 11 is 0. The van der Waals surface area contributed by atoms with Crippen molar-refractivity contribution >= 4 is 24.2 Å². The van der Waals surface area contributed by atoms with Gasteiger partial charge in [-0.05, 0) is 50.9 Å². The van der Waals surface area contributed by atoms with Crippen LogP contribution in [0.4, 0.5) is 5.69 Å². The Balaban J connectivity index is 1.80. The van der Waals surface area contributed by atoms with Crippen LogP contribution in [0.1, 0.15) is 38.8 Å². The van der Waals surface area contributed by atoms with Crippen LogP contribution in [-0.4, -0.2) is 37.9 Å². The van der Waals surface area contributed by atoms with E-state index in [4.69, 9.17) is 19.8 Å². The van der Waals surface area contributed by atoms with Crippen LogP contribution in [0.25, 0.3) is 0 Å². The zero-order valence-electron chi connectivity index (χ0n) is 17.5. The number of anilines is 1. The van der Waals surface area contributed by atoms with Crippen molar-refractivity contribution < 1.29 is 18.8 Å². The number of amides is 1. The van der Waals surface area contributed by atoms with Gasteiger partial charge >= 0.3 is 7.12 Å². The Hall–Kier alpha value is -2.51. The van der Waals surface area contributed by atoms with E-state index >= 15 is 0 Å². The van der Waals surface area contributed by atoms with Crippen LogP contribution in [0.15, 0.2) is 42.5 Å². The molecule has 0 saturated carbocycles. The first-order chi connectivity index (χ1) is 13.6. The van der Waals surface area contributed by atoms with Crippen LogP contribution in [0, 0.1) is 0 Å². The normalized spacial score (nSPS) is 24.1. The number of hydrogen-bond donors (Lipinski definition) is 2. The standard InChI is InChI=1S/C22H27BN2O4/c1-20(2)21(3,4)29-23(28-20)14-10-11-16(18(12-14)27-5)22(19(24)26)13-25-17-9-7-6-8-15(17)22/h6-12,25H,13H2,1-5H3,(H2,24,26). The highest BCUT2D eigenvalue weighted by molar-refractivity contribution is 6.62. The zero-order valence-corrected chi connectivity index (χ0v) is 17.5. The van der Waals surface area contributed by atoms with Crippen molar-refractivity contribution in [2.75, 3.05) is 19.0 Å². The quantitative estimate of drug-likeness (QED) is 0.777. The fourth-order valence-electron chi connectivity index (χ4n) is 4.11. The minimum atomic E-state index is -1.00. The summed E-state index contributed by atoms with van der Waals surface area (Å²) in [5.41, 5.74) is 7.40. The fraction of sp³-hybridized carbons (Fsp3) is 0.409. The summed E-state index contributed by atoms with van der Waals surface area (Å²) in [6, 6.07) is 13.4. The fourth-order valence-corrected chi connectivity index (χ4v) is 4.11. The van der Waals surface area contributed by atoms with E-state index in [0.29, 0.717) is 12.3 Å². The van der Waals surface area contributed by atoms with E-state index in [-0.39, 0.29) is 0 Å². The minimum Gasteiger partial charge on any atom is -0.496 e. The summed E-state index contributed by atoms with van der Waals surface area (Å²) in [4.78, 5) is 12.7. The highest BCUT2D eigenvalue weighted by atomic mass is 16.7. The largest absolute Gasteiger partial charge is 0.496 e. The van der Waals surface area contributed by atoms with E-state index in [2.05, 4.69) is 5.32 Å². The molecule has 6 nitrogen and oxygen atoms in total. The molecule has 2 aromatic carbocycles. The number of primary amides is 1. The van der Waals surface area contributed by atoms with Crippen molar-refractivity contribution in [2.45, 2.75) is 44.3 Å². The lowest BCUT2D eigenvalue weighted by molar-refractivity contribution is -0.121. The van der Waals surface area contributed by atoms with Crippen molar-refractivity contribution in [3.63, 3.8) is 0 Å². The molecule has 1 saturated heterocycles. The van der Waals surface area contributed by atoms with E-state index in [1.807, 2.05) is 70.2 Å². The van der Waals surface area contributed by atoms with Crippen LogP contribution in [0.5, 0.6) is 5.75 Å². The van der Waals surface area contributed by atoms with Crippen LogP contribution in [-0.2, 0) is 19.5 Å². The molecule has 152 valence electrons. The number of rotatable bonds is 4. The van der Waals surface area contributed by atoms with Crippen LogP contribution in [0.3, 0.4) is 0 Å². The molecule has 1 unspecified atom stereocenters. The molecule has 1 amide bonds. The molecule has 2 aliphatic heterocycles. The lowest BCUT2D eigenvalue weighted by Crippen LogP contribution is -2.44. The Bertz CT molecular complexity index is 959. The van der Waals surface area contributed by atoms with Gasteiger partial charge < -0.3 is 25.1 Å². The SMILES string of the molecule is COc1cc(B2OC(C)(C)C(C)(C)O2)ccc1C1(C(N)=O)CNc2ccccc21. The Morgan fingerprint density at radius 2 is 1.72 bits per heavy atom.